The van der Waals surface area contributed by atoms with Gasteiger partial charge in [-0.15, -0.1) is 0 Å². The van der Waals surface area contributed by atoms with Crippen molar-refractivity contribution in [2.75, 3.05) is 0 Å². The summed E-state index contributed by atoms with van der Waals surface area (Å²) in [4.78, 5) is 0. The second-order valence-electron chi connectivity index (χ2n) is 4.67. The molecule has 0 radical (unpaired) electrons. The van der Waals surface area contributed by atoms with Crippen LogP contribution in [0.4, 0.5) is 3.89 Å². The Morgan fingerprint density at radius 2 is 2.05 bits per heavy atom. The van der Waals surface area contributed by atoms with Crippen LogP contribution in [0.2, 0.25) is 0 Å². The smallest absolute Gasteiger partial charge is 0.358 e. The van der Waals surface area contributed by atoms with Crippen LogP contribution in [0.5, 0.6) is 5.75 Å². The van der Waals surface area contributed by atoms with Crippen molar-refractivity contribution in [2.24, 2.45) is 7.05 Å². The fourth-order valence-electron chi connectivity index (χ4n) is 1.83. The van der Waals surface area contributed by atoms with E-state index in [9.17, 15) is 12.3 Å². The molecule has 8 heteroatoms. The molecular weight excluding hydrogens is 297 g/mol. The first-order valence-electron chi connectivity index (χ1n) is 6.28. The molecule has 21 heavy (non-hydrogen) atoms. The third kappa shape index (κ3) is 4.83. The predicted octanol–water partition coefficient (Wildman–Crippen LogP) is 1.86. The van der Waals surface area contributed by atoms with Crippen LogP contribution in [0.3, 0.4) is 0 Å². The van der Waals surface area contributed by atoms with Gasteiger partial charge in [0.1, 0.15) is 5.75 Å². The summed E-state index contributed by atoms with van der Waals surface area (Å²) in [6, 6.07) is 6.28. The van der Waals surface area contributed by atoms with Gasteiger partial charge in [-0.25, -0.2) is 0 Å². The van der Waals surface area contributed by atoms with E-state index in [2.05, 4.69) is 14.6 Å². The molecule has 1 N–H and O–H groups in total. The van der Waals surface area contributed by atoms with Crippen LogP contribution in [-0.4, -0.2) is 18.2 Å². The Balaban J connectivity index is 1.92. The van der Waals surface area contributed by atoms with Gasteiger partial charge in [-0.1, -0.05) is 16.0 Å². The summed E-state index contributed by atoms with van der Waals surface area (Å²) in [6.45, 7) is 2.60. The summed E-state index contributed by atoms with van der Waals surface area (Å²) >= 11 is 0. The van der Waals surface area contributed by atoms with Crippen LogP contribution in [0.1, 0.15) is 24.1 Å². The second-order valence-corrected chi connectivity index (χ2v) is 5.62. The lowest BCUT2D eigenvalue weighted by atomic mass is 10.1. The van der Waals surface area contributed by atoms with Crippen molar-refractivity contribution in [3.05, 3.63) is 47.8 Å². The number of hydrogen-bond acceptors (Lipinski definition) is 5. The highest BCUT2D eigenvalue weighted by Crippen LogP contribution is 2.16. The SMILES string of the molecule is CC(NCc1ccc(OS(=O)(=O)F)cc1)c1cnn(C)c1. The lowest BCUT2D eigenvalue weighted by Gasteiger charge is -2.12. The highest BCUT2D eigenvalue weighted by molar-refractivity contribution is 7.81. The molecule has 1 unspecified atom stereocenters. The largest absolute Gasteiger partial charge is 0.488 e. The number of rotatable bonds is 6. The van der Waals surface area contributed by atoms with Crippen LogP contribution in [0.15, 0.2) is 36.7 Å². The number of nitrogens with one attached hydrogen (secondary N) is 1. The van der Waals surface area contributed by atoms with Crippen molar-refractivity contribution in [2.45, 2.75) is 19.5 Å². The first-order valence-corrected chi connectivity index (χ1v) is 7.59. The Morgan fingerprint density at radius 3 is 2.57 bits per heavy atom. The molecule has 0 saturated carbocycles. The molecule has 1 aromatic carbocycles. The zero-order valence-corrected chi connectivity index (χ0v) is 12.5. The molecule has 0 fully saturated rings. The molecule has 0 aliphatic carbocycles. The van der Waals surface area contributed by atoms with E-state index in [0.717, 1.165) is 11.1 Å². The molecule has 6 nitrogen and oxygen atoms in total. The maximum atomic E-state index is 12.3. The Kier molecular flexibility index (Phi) is 4.59. The Labute approximate surface area is 123 Å². The van der Waals surface area contributed by atoms with Gasteiger partial charge in [0.2, 0.25) is 0 Å². The van der Waals surface area contributed by atoms with Gasteiger partial charge >= 0.3 is 10.5 Å². The molecule has 0 amide bonds. The van der Waals surface area contributed by atoms with Crippen LogP contribution >= 0.6 is 0 Å². The van der Waals surface area contributed by atoms with Gasteiger partial charge in [0.15, 0.2) is 0 Å². The molecule has 0 bridgehead atoms. The summed E-state index contributed by atoms with van der Waals surface area (Å²) in [5, 5.41) is 7.42. The average Bonchev–Trinajstić information content (AvgIpc) is 2.82. The van der Waals surface area contributed by atoms with Gasteiger partial charge in [0.25, 0.3) is 0 Å². The topological polar surface area (TPSA) is 73.2 Å². The third-order valence-corrected chi connectivity index (χ3v) is 3.35. The van der Waals surface area contributed by atoms with Crippen molar-refractivity contribution in [1.82, 2.24) is 15.1 Å². The number of benzene rings is 1. The van der Waals surface area contributed by atoms with Crippen molar-refractivity contribution in [3.8, 4) is 5.75 Å². The van der Waals surface area contributed by atoms with Crippen LogP contribution in [-0.2, 0) is 24.1 Å². The maximum absolute atomic E-state index is 12.3. The second kappa shape index (κ2) is 6.23. The fourth-order valence-corrected chi connectivity index (χ4v) is 2.17. The van der Waals surface area contributed by atoms with E-state index in [0.29, 0.717) is 6.54 Å². The molecule has 0 saturated heterocycles. The number of hydrogen-bond donors (Lipinski definition) is 1. The lowest BCUT2D eigenvalue weighted by Crippen LogP contribution is -2.17. The monoisotopic (exact) mass is 313 g/mol. The van der Waals surface area contributed by atoms with Gasteiger partial charge in [-0.3, -0.25) is 4.68 Å². The molecule has 114 valence electrons. The highest BCUT2D eigenvalue weighted by Gasteiger charge is 2.10. The standard InChI is InChI=1S/C13H16FN3O3S/c1-10(12-8-16-17(2)9-12)15-7-11-3-5-13(6-4-11)20-21(14,18)19/h3-6,8-10,15H,7H2,1-2H3. The van der Waals surface area contributed by atoms with Crippen LogP contribution < -0.4 is 9.50 Å². The zero-order valence-electron chi connectivity index (χ0n) is 11.7. The summed E-state index contributed by atoms with van der Waals surface area (Å²) in [6.07, 6.45) is 3.72. The predicted molar refractivity (Wildman–Crippen MR) is 75.6 cm³/mol. The van der Waals surface area contributed by atoms with E-state index in [1.165, 1.54) is 12.1 Å². The lowest BCUT2D eigenvalue weighted by molar-refractivity contribution is 0.440. The maximum Gasteiger partial charge on any atom is 0.488 e. The molecule has 2 aromatic rings. The quantitative estimate of drug-likeness (QED) is 0.824. The summed E-state index contributed by atoms with van der Waals surface area (Å²) in [7, 11) is -3.12. The number of halogens is 1. The minimum absolute atomic E-state index is 0.0541. The van der Waals surface area contributed by atoms with Gasteiger partial charge < -0.3 is 9.50 Å². The fraction of sp³-hybridized carbons (Fsp3) is 0.308. The van der Waals surface area contributed by atoms with Gasteiger partial charge in [-0.2, -0.15) is 13.5 Å². The Bertz CT molecular complexity index is 698. The molecule has 0 aliphatic rings. The first kappa shape index (κ1) is 15.5. The van der Waals surface area contributed by atoms with Crippen molar-refractivity contribution in [1.29, 1.82) is 0 Å². The van der Waals surface area contributed by atoms with Crippen LogP contribution in [0.25, 0.3) is 0 Å². The van der Waals surface area contributed by atoms with E-state index >= 15 is 0 Å². The van der Waals surface area contributed by atoms with E-state index in [1.807, 2.05) is 20.2 Å². The Hall–Kier alpha value is -1.93. The first-order chi connectivity index (χ1) is 9.83. The summed E-state index contributed by atoms with van der Waals surface area (Å²) < 4.78 is 38.9. The molecule has 0 aliphatic heterocycles. The van der Waals surface area contributed by atoms with Gasteiger partial charge in [-0.05, 0) is 24.6 Å². The van der Waals surface area contributed by atoms with Crippen LogP contribution in [0, 0.1) is 0 Å². The minimum atomic E-state index is -4.97. The van der Waals surface area contributed by atoms with Gasteiger partial charge in [0, 0.05) is 31.4 Å². The molecular formula is C13H16FN3O3S. The minimum Gasteiger partial charge on any atom is -0.358 e. The normalized spacial score (nSPS) is 13.1. The number of aryl methyl sites for hydroxylation is 1. The van der Waals surface area contributed by atoms with E-state index in [4.69, 9.17) is 0 Å². The van der Waals surface area contributed by atoms with Crippen molar-refractivity contribution >= 4 is 10.5 Å². The average molecular weight is 313 g/mol. The molecule has 1 aromatic heterocycles. The molecule has 1 heterocycles. The number of nitrogens with zero attached hydrogens (tertiary/aromatic N) is 2. The van der Waals surface area contributed by atoms with E-state index in [1.54, 1.807) is 23.0 Å². The summed E-state index contributed by atoms with van der Waals surface area (Å²) in [5.41, 5.74) is 2.00. The van der Waals surface area contributed by atoms with Crippen molar-refractivity contribution < 1.29 is 16.5 Å². The zero-order chi connectivity index (χ0) is 15.5. The Morgan fingerprint density at radius 1 is 1.38 bits per heavy atom. The summed E-state index contributed by atoms with van der Waals surface area (Å²) in [5.74, 6) is -0.0541. The van der Waals surface area contributed by atoms with E-state index < -0.39 is 10.5 Å². The highest BCUT2D eigenvalue weighted by atomic mass is 32.3. The molecule has 1 atom stereocenters. The molecule has 2 rings (SSSR count). The third-order valence-electron chi connectivity index (χ3n) is 2.96. The van der Waals surface area contributed by atoms with Crippen molar-refractivity contribution in [3.63, 3.8) is 0 Å². The van der Waals surface area contributed by atoms with E-state index in [-0.39, 0.29) is 11.8 Å². The van der Waals surface area contributed by atoms with Gasteiger partial charge in [0.05, 0.1) is 6.20 Å². The number of aromatic nitrogens is 2. The molecule has 0 spiro atoms.